The normalized spacial score (nSPS) is 11.7. The lowest BCUT2D eigenvalue weighted by Crippen LogP contribution is -1.97. The smallest absolute Gasteiger partial charge is 0.160 e. The summed E-state index contributed by atoms with van der Waals surface area (Å²) in [6.45, 7) is 0. The van der Waals surface area contributed by atoms with Crippen LogP contribution in [0.15, 0.2) is 193 Å². The molecule has 0 amide bonds. The van der Waals surface area contributed by atoms with Gasteiger partial charge >= 0.3 is 0 Å². The number of benzene rings is 8. The number of hydrogen-bond acceptors (Lipinski definition) is 2. The largest absolute Gasteiger partial charge is 0.309 e. The third-order valence-electron chi connectivity index (χ3n) is 10.8. The van der Waals surface area contributed by atoms with E-state index in [4.69, 9.17) is 9.97 Å². The predicted octanol–water partition coefficient (Wildman–Crippen LogP) is 13.6. The van der Waals surface area contributed by atoms with Crippen LogP contribution in [0.1, 0.15) is 0 Å². The van der Waals surface area contributed by atoms with E-state index >= 15 is 0 Å². The number of para-hydroxylation sites is 2. The van der Waals surface area contributed by atoms with Gasteiger partial charge in [-0.25, -0.2) is 9.97 Å². The van der Waals surface area contributed by atoms with Crippen molar-refractivity contribution in [2.75, 3.05) is 0 Å². The lowest BCUT2D eigenvalue weighted by Gasteiger charge is -2.12. The molecule has 8 aromatic carbocycles. The second-order valence-electron chi connectivity index (χ2n) is 13.9. The van der Waals surface area contributed by atoms with Gasteiger partial charge in [0.05, 0.1) is 39.1 Å². The van der Waals surface area contributed by atoms with Crippen molar-refractivity contribution in [2.45, 2.75) is 0 Å². The molecule has 0 saturated carbocycles. The van der Waals surface area contributed by atoms with Crippen LogP contribution in [0, 0.1) is 0 Å². The molecule has 0 aliphatic carbocycles. The van der Waals surface area contributed by atoms with Gasteiger partial charge in [-0.2, -0.15) is 0 Å². The quantitative estimate of drug-likeness (QED) is 0.175. The van der Waals surface area contributed by atoms with E-state index < -0.39 is 0 Å². The van der Waals surface area contributed by atoms with Crippen molar-refractivity contribution in [3.8, 4) is 45.3 Å². The second kappa shape index (κ2) is 12.7. The number of aromatic nitrogens is 4. The van der Waals surface area contributed by atoms with E-state index in [9.17, 15) is 0 Å². The summed E-state index contributed by atoms with van der Waals surface area (Å²) in [7, 11) is 0. The van der Waals surface area contributed by atoms with Gasteiger partial charge in [0.2, 0.25) is 0 Å². The molecule has 11 aromatic rings. The zero-order chi connectivity index (χ0) is 36.5. The highest BCUT2D eigenvalue weighted by Gasteiger charge is 2.23. The van der Waals surface area contributed by atoms with Crippen molar-refractivity contribution < 1.29 is 0 Å². The van der Waals surface area contributed by atoms with Crippen LogP contribution in [0.25, 0.3) is 99.7 Å². The highest BCUT2D eigenvalue weighted by atomic mass is 79.9. The fraction of sp³-hybridized carbons (Fsp3) is 0. The van der Waals surface area contributed by atoms with Gasteiger partial charge in [0, 0.05) is 48.4 Å². The Labute approximate surface area is 325 Å². The Bertz CT molecular complexity index is 3200. The van der Waals surface area contributed by atoms with Crippen LogP contribution in [0.2, 0.25) is 0 Å². The van der Waals surface area contributed by atoms with Crippen molar-refractivity contribution in [1.82, 2.24) is 19.1 Å². The van der Waals surface area contributed by atoms with E-state index in [2.05, 4.69) is 177 Å². The molecule has 0 atom stereocenters. The van der Waals surface area contributed by atoms with Crippen LogP contribution in [0.4, 0.5) is 0 Å². The molecule has 3 heterocycles. The SMILES string of the molecule is Brc1ccccc1-n1c2ccc3ccccc3c2c2ccc3c(c4ccccc4n3-c3ccc(-c4nc(-c5ccccc5)cc(-c5ccccc5)n4)cc3)c21. The molecule has 0 fully saturated rings. The first-order valence-corrected chi connectivity index (χ1v) is 19.2. The van der Waals surface area contributed by atoms with E-state index in [0.29, 0.717) is 5.82 Å². The van der Waals surface area contributed by atoms with Crippen LogP contribution in [-0.4, -0.2) is 19.1 Å². The van der Waals surface area contributed by atoms with E-state index in [-0.39, 0.29) is 0 Å². The zero-order valence-electron chi connectivity index (χ0n) is 29.6. The number of nitrogens with zero attached hydrogens (tertiary/aromatic N) is 4. The monoisotopic (exact) mass is 766 g/mol. The third kappa shape index (κ3) is 5.04. The number of rotatable bonds is 5. The van der Waals surface area contributed by atoms with Gasteiger partial charge in [-0.3, -0.25) is 0 Å². The standard InChI is InChI=1S/C50H31BrN4/c51-40-20-10-12-22-44(40)55-45-29-25-32-13-7-8-18-37(32)47(45)39-28-30-46-48(49(39)55)38-19-9-11-21-43(38)54(46)36-26-23-35(24-27-36)50-52-41(33-14-3-1-4-15-33)31-42(53-50)34-16-5-2-6-17-34/h1-31H. The Kier molecular flexibility index (Phi) is 7.29. The number of hydrogen-bond donors (Lipinski definition) is 0. The maximum atomic E-state index is 5.09. The molecule has 258 valence electrons. The summed E-state index contributed by atoms with van der Waals surface area (Å²) >= 11 is 3.92. The van der Waals surface area contributed by atoms with E-state index in [1.54, 1.807) is 0 Å². The molecule has 0 bridgehead atoms. The van der Waals surface area contributed by atoms with Crippen molar-refractivity contribution >= 4 is 70.3 Å². The van der Waals surface area contributed by atoms with E-state index in [1.807, 2.05) is 36.4 Å². The molecule has 0 unspecified atom stereocenters. The average Bonchev–Trinajstić information content (AvgIpc) is 3.77. The van der Waals surface area contributed by atoms with Gasteiger partial charge in [-0.15, -0.1) is 0 Å². The fourth-order valence-electron chi connectivity index (χ4n) is 8.34. The van der Waals surface area contributed by atoms with Crippen LogP contribution in [0.5, 0.6) is 0 Å². The third-order valence-corrected chi connectivity index (χ3v) is 11.5. The lowest BCUT2D eigenvalue weighted by molar-refractivity contribution is 1.16. The molecule has 55 heavy (non-hydrogen) atoms. The van der Waals surface area contributed by atoms with Gasteiger partial charge < -0.3 is 9.13 Å². The maximum absolute atomic E-state index is 5.09. The first kappa shape index (κ1) is 31.7. The molecule has 11 rings (SSSR count). The van der Waals surface area contributed by atoms with Crippen molar-refractivity contribution in [3.63, 3.8) is 0 Å². The molecular weight excluding hydrogens is 736 g/mol. The van der Waals surface area contributed by atoms with Crippen LogP contribution in [-0.2, 0) is 0 Å². The topological polar surface area (TPSA) is 35.6 Å². The summed E-state index contributed by atoms with van der Waals surface area (Å²) in [6, 6.07) is 66.6. The van der Waals surface area contributed by atoms with Crippen molar-refractivity contribution in [3.05, 3.63) is 193 Å². The minimum Gasteiger partial charge on any atom is -0.309 e. The summed E-state index contributed by atoms with van der Waals surface area (Å²) in [5, 5.41) is 7.41. The van der Waals surface area contributed by atoms with Gasteiger partial charge in [0.1, 0.15) is 0 Å². The average molecular weight is 768 g/mol. The van der Waals surface area contributed by atoms with Crippen molar-refractivity contribution in [2.24, 2.45) is 0 Å². The second-order valence-corrected chi connectivity index (χ2v) is 14.8. The fourth-order valence-corrected chi connectivity index (χ4v) is 8.80. The molecule has 0 N–H and O–H groups in total. The molecule has 0 radical (unpaired) electrons. The molecule has 0 aliphatic rings. The highest BCUT2D eigenvalue weighted by molar-refractivity contribution is 9.10. The predicted molar refractivity (Wildman–Crippen MR) is 232 cm³/mol. The summed E-state index contributed by atoms with van der Waals surface area (Å²) in [5.74, 6) is 0.695. The zero-order valence-corrected chi connectivity index (χ0v) is 31.2. The Morgan fingerprint density at radius 3 is 1.73 bits per heavy atom. The molecule has 0 spiro atoms. The van der Waals surface area contributed by atoms with E-state index in [0.717, 1.165) is 55.0 Å². The Morgan fingerprint density at radius 2 is 1.00 bits per heavy atom. The van der Waals surface area contributed by atoms with Gasteiger partial charge in [-0.05, 0) is 87.4 Å². The minimum absolute atomic E-state index is 0.695. The first-order chi connectivity index (χ1) is 27.2. The van der Waals surface area contributed by atoms with E-state index in [1.165, 1.54) is 43.4 Å². The van der Waals surface area contributed by atoms with Crippen LogP contribution >= 0.6 is 15.9 Å². The van der Waals surface area contributed by atoms with Crippen LogP contribution in [0.3, 0.4) is 0 Å². The summed E-state index contributed by atoms with van der Waals surface area (Å²) in [5.41, 5.74) is 11.7. The number of halogens is 1. The Hall–Kier alpha value is -6.82. The summed E-state index contributed by atoms with van der Waals surface area (Å²) in [6.07, 6.45) is 0. The lowest BCUT2D eigenvalue weighted by atomic mass is 10.0. The summed E-state index contributed by atoms with van der Waals surface area (Å²) in [4.78, 5) is 10.2. The first-order valence-electron chi connectivity index (χ1n) is 18.4. The van der Waals surface area contributed by atoms with Gasteiger partial charge in [0.25, 0.3) is 0 Å². The molecule has 0 aliphatic heterocycles. The Morgan fingerprint density at radius 1 is 0.400 bits per heavy atom. The molecule has 3 aromatic heterocycles. The minimum atomic E-state index is 0.695. The molecule has 4 nitrogen and oxygen atoms in total. The van der Waals surface area contributed by atoms with Crippen molar-refractivity contribution in [1.29, 1.82) is 0 Å². The molecular formula is C50H31BrN4. The van der Waals surface area contributed by atoms with Gasteiger partial charge in [-0.1, -0.05) is 127 Å². The summed E-state index contributed by atoms with van der Waals surface area (Å²) < 4.78 is 5.89. The highest BCUT2D eigenvalue weighted by Crippen LogP contribution is 2.44. The van der Waals surface area contributed by atoms with Gasteiger partial charge in [0.15, 0.2) is 5.82 Å². The maximum Gasteiger partial charge on any atom is 0.160 e. The Balaban J connectivity index is 1.15. The number of fused-ring (bicyclic) bond motifs is 9. The molecule has 0 saturated heterocycles. The molecule has 5 heteroatoms. The van der Waals surface area contributed by atoms with Crippen LogP contribution < -0.4 is 0 Å².